The summed E-state index contributed by atoms with van der Waals surface area (Å²) in [4.78, 5) is 0.505. The van der Waals surface area contributed by atoms with Gasteiger partial charge in [0.05, 0.1) is 16.5 Å². The molecule has 1 atom stereocenters. The van der Waals surface area contributed by atoms with Crippen molar-refractivity contribution in [2.45, 2.75) is 24.2 Å². The van der Waals surface area contributed by atoms with Crippen LogP contribution in [0.5, 0.6) is 0 Å². The Morgan fingerprint density at radius 2 is 1.46 bits per heavy atom. The summed E-state index contributed by atoms with van der Waals surface area (Å²) >= 11 is 0. The Balaban J connectivity index is 1.73. The van der Waals surface area contributed by atoms with E-state index in [4.69, 9.17) is 5.26 Å². The van der Waals surface area contributed by atoms with E-state index >= 15 is 0 Å². The minimum absolute atomic E-state index is 0.0287. The highest BCUT2D eigenvalue weighted by molar-refractivity contribution is 7.95. The average molecular weight is 388 g/mol. The third-order valence-corrected chi connectivity index (χ3v) is 6.61. The molecule has 0 amide bonds. The molecule has 0 fully saturated rings. The molecule has 0 aromatic heterocycles. The van der Waals surface area contributed by atoms with E-state index in [1.165, 1.54) is 0 Å². The maximum Gasteiger partial charge on any atom is 0.202 e. The Labute approximate surface area is 166 Å². The van der Waals surface area contributed by atoms with Crippen molar-refractivity contribution in [3.63, 3.8) is 0 Å². The Bertz CT molecular complexity index is 1110. The quantitative estimate of drug-likeness (QED) is 0.544. The fourth-order valence-electron chi connectivity index (χ4n) is 3.08. The van der Waals surface area contributed by atoms with Crippen LogP contribution in [-0.4, -0.2) is 8.42 Å². The van der Waals surface area contributed by atoms with E-state index in [2.05, 4.69) is 12.6 Å². The number of hydrogen-bond acceptors (Lipinski definition) is 3. The van der Waals surface area contributed by atoms with Gasteiger partial charge in [0.2, 0.25) is 9.84 Å². The molecule has 0 heterocycles. The maximum absolute atomic E-state index is 12.7. The number of allylic oxidation sites excluding steroid dienone is 1. The number of rotatable bonds is 6. The molecule has 0 aliphatic rings. The summed E-state index contributed by atoms with van der Waals surface area (Å²) in [6.45, 7) is 5.84. The minimum Gasteiger partial charge on any atom is -0.219 e. The first-order chi connectivity index (χ1) is 13.4. The summed E-state index contributed by atoms with van der Waals surface area (Å²) in [5.41, 5.74) is 3.78. The van der Waals surface area contributed by atoms with Crippen LogP contribution >= 0.6 is 0 Å². The van der Waals surface area contributed by atoms with Gasteiger partial charge in [0.25, 0.3) is 0 Å². The van der Waals surface area contributed by atoms with Gasteiger partial charge >= 0.3 is 0 Å². The normalized spacial score (nSPS) is 12.1. The van der Waals surface area contributed by atoms with Crippen LogP contribution in [0.1, 0.15) is 30.4 Å². The van der Waals surface area contributed by atoms with Crippen molar-refractivity contribution in [1.82, 2.24) is 0 Å². The first-order valence-corrected chi connectivity index (χ1v) is 10.5. The van der Waals surface area contributed by atoms with Gasteiger partial charge in [-0.15, -0.1) is 0 Å². The smallest absolute Gasteiger partial charge is 0.202 e. The monoisotopic (exact) mass is 387 g/mol. The summed E-state index contributed by atoms with van der Waals surface area (Å²) in [5.74, 6) is 0.0287. The molecule has 0 radical (unpaired) electrons. The van der Waals surface area contributed by atoms with Crippen molar-refractivity contribution in [2.75, 3.05) is 0 Å². The topological polar surface area (TPSA) is 57.9 Å². The zero-order chi connectivity index (χ0) is 20.1. The van der Waals surface area contributed by atoms with Crippen LogP contribution in [-0.2, 0) is 9.84 Å². The van der Waals surface area contributed by atoms with Gasteiger partial charge in [-0.2, -0.15) is 5.26 Å². The van der Waals surface area contributed by atoms with Gasteiger partial charge in [-0.25, -0.2) is 8.42 Å². The second-order valence-corrected chi connectivity index (χ2v) is 8.83. The Morgan fingerprint density at radius 3 is 2.00 bits per heavy atom. The van der Waals surface area contributed by atoms with Crippen molar-refractivity contribution in [2.24, 2.45) is 0 Å². The number of sulfone groups is 1. The van der Waals surface area contributed by atoms with E-state index < -0.39 is 9.84 Å². The number of benzene rings is 3. The molecule has 3 nitrogen and oxygen atoms in total. The van der Waals surface area contributed by atoms with Gasteiger partial charge < -0.3 is 0 Å². The second kappa shape index (κ2) is 8.24. The third kappa shape index (κ3) is 4.21. The predicted molar refractivity (Wildman–Crippen MR) is 112 cm³/mol. The predicted octanol–water partition coefficient (Wildman–Crippen LogP) is 5.71. The van der Waals surface area contributed by atoms with Crippen molar-refractivity contribution in [3.05, 3.63) is 101 Å². The summed E-state index contributed by atoms with van der Waals surface area (Å²) in [6, 6.07) is 26.0. The van der Waals surface area contributed by atoms with Crippen molar-refractivity contribution in [1.29, 1.82) is 5.26 Å². The molecule has 1 unspecified atom stereocenters. The van der Waals surface area contributed by atoms with Crippen molar-refractivity contribution in [3.8, 4) is 17.2 Å². The second-order valence-electron chi connectivity index (χ2n) is 6.77. The maximum atomic E-state index is 12.7. The van der Waals surface area contributed by atoms with Crippen LogP contribution in [0.3, 0.4) is 0 Å². The highest BCUT2D eigenvalue weighted by Gasteiger charge is 2.21. The molecule has 140 valence electrons. The third-order valence-electron chi connectivity index (χ3n) is 4.79. The molecule has 4 heteroatoms. The molecule has 3 aromatic carbocycles. The van der Waals surface area contributed by atoms with Crippen LogP contribution in [0.2, 0.25) is 0 Å². The molecule has 3 rings (SSSR count). The first-order valence-electron chi connectivity index (χ1n) is 9.00. The van der Waals surface area contributed by atoms with Gasteiger partial charge in [-0.3, -0.25) is 0 Å². The lowest BCUT2D eigenvalue weighted by molar-refractivity contribution is 0.598. The fourth-order valence-corrected chi connectivity index (χ4v) is 4.39. The minimum atomic E-state index is -3.52. The largest absolute Gasteiger partial charge is 0.219 e. The van der Waals surface area contributed by atoms with Crippen LogP contribution in [0.15, 0.2) is 95.2 Å². The molecule has 0 aliphatic heterocycles. The summed E-state index contributed by atoms with van der Waals surface area (Å²) in [7, 11) is -3.52. The zero-order valence-electron chi connectivity index (χ0n) is 15.7. The number of nitrogens with zero attached hydrogens (tertiary/aromatic N) is 1. The highest BCUT2D eigenvalue weighted by Crippen LogP contribution is 2.30. The van der Waals surface area contributed by atoms with Gasteiger partial charge in [-0.1, -0.05) is 68.1 Å². The van der Waals surface area contributed by atoms with Crippen LogP contribution in [0.25, 0.3) is 11.1 Å². The molecule has 0 N–H and O–H groups in total. The van der Waals surface area contributed by atoms with Gasteiger partial charge in [0.15, 0.2) is 0 Å². The van der Waals surface area contributed by atoms with Crippen LogP contribution in [0.4, 0.5) is 0 Å². The standard InChI is InChI=1S/C24H21NO2S/c1-18(16-19(2)28(26,27)24-6-4-3-5-7-24)21-12-14-23(15-13-21)22-10-8-20(17-25)9-11-22/h3-15,18H,2,16H2,1H3. The molecule has 0 saturated carbocycles. The summed E-state index contributed by atoms with van der Waals surface area (Å²) in [5, 5.41) is 8.90. The zero-order valence-corrected chi connectivity index (χ0v) is 16.5. The average Bonchev–Trinajstić information content (AvgIpc) is 2.74. The van der Waals surface area contributed by atoms with Crippen molar-refractivity contribution < 1.29 is 8.42 Å². The number of nitriles is 1. The summed E-state index contributed by atoms with van der Waals surface area (Å²) in [6.07, 6.45) is 0.368. The molecular weight excluding hydrogens is 366 g/mol. The van der Waals surface area contributed by atoms with E-state index in [9.17, 15) is 8.42 Å². The number of hydrogen-bond donors (Lipinski definition) is 0. The lowest BCUT2D eigenvalue weighted by atomic mass is 9.95. The molecule has 0 aliphatic carbocycles. The van der Waals surface area contributed by atoms with E-state index in [1.807, 2.05) is 43.3 Å². The SMILES string of the molecule is C=C(CC(C)c1ccc(-c2ccc(C#N)cc2)cc1)S(=O)(=O)c1ccccc1. The van der Waals surface area contributed by atoms with E-state index in [-0.39, 0.29) is 15.7 Å². The highest BCUT2D eigenvalue weighted by atomic mass is 32.2. The van der Waals surface area contributed by atoms with E-state index in [1.54, 1.807) is 42.5 Å². The molecular formula is C24H21NO2S. The van der Waals surface area contributed by atoms with Gasteiger partial charge in [0, 0.05) is 4.91 Å². The van der Waals surface area contributed by atoms with Crippen molar-refractivity contribution >= 4 is 9.84 Å². The molecule has 0 saturated heterocycles. The van der Waals surface area contributed by atoms with Crippen LogP contribution in [0, 0.1) is 11.3 Å². The van der Waals surface area contributed by atoms with Gasteiger partial charge in [-0.05, 0) is 53.3 Å². The fraction of sp³-hybridized carbons (Fsp3) is 0.125. The molecule has 3 aromatic rings. The Hall–Kier alpha value is -3.16. The van der Waals surface area contributed by atoms with E-state index in [0.29, 0.717) is 12.0 Å². The first kappa shape index (κ1) is 19.6. The summed E-state index contributed by atoms with van der Waals surface area (Å²) < 4.78 is 25.3. The molecule has 28 heavy (non-hydrogen) atoms. The lowest BCUT2D eigenvalue weighted by Crippen LogP contribution is -2.07. The Kier molecular flexibility index (Phi) is 5.77. The van der Waals surface area contributed by atoms with E-state index in [0.717, 1.165) is 16.7 Å². The molecule has 0 spiro atoms. The molecule has 0 bridgehead atoms. The lowest BCUT2D eigenvalue weighted by Gasteiger charge is -2.15. The van der Waals surface area contributed by atoms with Gasteiger partial charge in [0.1, 0.15) is 0 Å². The Morgan fingerprint density at radius 1 is 0.929 bits per heavy atom. The van der Waals surface area contributed by atoms with Crippen LogP contribution < -0.4 is 0 Å².